The van der Waals surface area contributed by atoms with E-state index in [1.54, 1.807) is 0 Å². The smallest absolute Gasteiger partial charge is 0.336 e. The second kappa shape index (κ2) is 10.5. The number of carboxylic acids is 3. The van der Waals surface area contributed by atoms with Gasteiger partial charge in [-0.2, -0.15) is 0 Å². The van der Waals surface area contributed by atoms with Crippen LogP contribution in [0, 0.1) is 0 Å². The zero-order valence-corrected chi connectivity index (χ0v) is 16.7. The Morgan fingerprint density at radius 2 is 1.03 bits per heavy atom. The van der Waals surface area contributed by atoms with Crippen LogP contribution in [-0.4, -0.2) is 146 Å². The molecule has 192 valence electrons. The topological polar surface area (TPSA) is 312 Å². The summed E-state index contributed by atoms with van der Waals surface area (Å²) >= 11 is 0. The van der Waals surface area contributed by atoms with E-state index in [0.29, 0.717) is 0 Å². The molecule has 12 N–H and O–H groups in total. The number of hydrogen-bond acceptors (Lipinski definition) is 14. The normalized spacial score (nSPS) is 38.5. The summed E-state index contributed by atoms with van der Waals surface area (Å²) in [4.78, 5) is 30.5. The number of carbonyl (C=O) groups is 3. The zero-order chi connectivity index (χ0) is 25.9. The largest absolute Gasteiger partial charge is 0.481 e. The average Bonchev–Trinajstić information content (AvgIpc) is 3.08. The summed E-state index contributed by atoms with van der Waals surface area (Å²) in [6, 6.07) is 0. The highest BCUT2D eigenvalue weighted by Gasteiger charge is 2.72. The lowest BCUT2D eigenvalue weighted by atomic mass is 9.92. The van der Waals surface area contributed by atoms with Gasteiger partial charge < -0.3 is 70.8 Å². The highest BCUT2D eigenvalue weighted by molar-refractivity contribution is 5.88. The first-order valence-electron chi connectivity index (χ1n) is 9.14. The Morgan fingerprint density at radius 3 is 1.21 bits per heavy atom. The summed E-state index contributed by atoms with van der Waals surface area (Å²) in [5.74, 6) is -11.0. The molecule has 33 heavy (non-hydrogen) atoms. The van der Waals surface area contributed by atoms with Gasteiger partial charge in [-0.1, -0.05) is 0 Å². The van der Waals surface area contributed by atoms with E-state index in [4.69, 9.17) is 40.1 Å². The minimum atomic E-state index is -3.00. The van der Waals surface area contributed by atoms with E-state index in [2.05, 4.69) is 0 Å². The number of ether oxygens (including phenoxy) is 2. The molecule has 0 spiro atoms. The second-order valence-electron chi connectivity index (χ2n) is 7.42. The molecule has 0 aliphatic carbocycles. The molecule has 2 unspecified atom stereocenters. The van der Waals surface area contributed by atoms with Gasteiger partial charge in [0.15, 0.2) is 5.60 Å². The Bertz CT molecular complexity index is 678. The fourth-order valence-corrected chi connectivity index (χ4v) is 3.21. The van der Waals surface area contributed by atoms with E-state index < -0.39 is 97.8 Å². The quantitative estimate of drug-likeness (QED) is 0.150. The third-order valence-electron chi connectivity index (χ3n) is 5.03. The van der Waals surface area contributed by atoms with E-state index >= 15 is 0 Å². The van der Waals surface area contributed by atoms with Crippen molar-refractivity contribution in [3.8, 4) is 0 Å². The van der Waals surface area contributed by atoms with Crippen LogP contribution in [-0.2, 0) is 23.9 Å². The fraction of sp³-hybridized carbons (Fsp3) is 0.812. The molecule has 2 aliphatic heterocycles. The minimum absolute atomic E-state index is 0.779. The van der Waals surface area contributed by atoms with Gasteiger partial charge in [-0.25, -0.2) is 4.79 Å². The third-order valence-corrected chi connectivity index (χ3v) is 5.03. The molecule has 2 rings (SSSR count). The van der Waals surface area contributed by atoms with Crippen LogP contribution >= 0.6 is 0 Å². The van der Waals surface area contributed by atoms with Crippen molar-refractivity contribution in [1.82, 2.24) is 0 Å². The summed E-state index contributed by atoms with van der Waals surface area (Å²) in [7, 11) is 0. The van der Waals surface area contributed by atoms with E-state index in [0.717, 1.165) is 0 Å². The molecule has 0 radical (unpaired) electrons. The van der Waals surface area contributed by atoms with Gasteiger partial charge in [0.05, 0.1) is 26.1 Å². The molecular formula is C16H26O17. The molecule has 0 bridgehead atoms. The Balaban J connectivity index is 0.000000366. The van der Waals surface area contributed by atoms with Crippen LogP contribution in [0.2, 0.25) is 0 Å². The average molecular weight is 490 g/mol. The first-order valence-corrected chi connectivity index (χ1v) is 9.14. The molecular weight excluding hydrogens is 464 g/mol. The maximum absolute atomic E-state index is 10.3. The molecule has 8 atom stereocenters. The van der Waals surface area contributed by atoms with E-state index in [9.17, 15) is 45.0 Å². The van der Waals surface area contributed by atoms with Gasteiger partial charge in [0.2, 0.25) is 0 Å². The van der Waals surface area contributed by atoms with Gasteiger partial charge in [-0.15, -0.1) is 0 Å². The Morgan fingerprint density at radius 1 is 0.727 bits per heavy atom. The molecule has 17 heteroatoms. The summed E-state index contributed by atoms with van der Waals surface area (Å²) in [5.41, 5.74) is -2.74. The molecule has 2 aliphatic rings. The number of aliphatic hydroxyl groups is 9. The summed E-state index contributed by atoms with van der Waals surface area (Å²) < 4.78 is 9.60. The maximum atomic E-state index is 10.3. The molecule has 0 aromatic carbocycles. The number of aliphatic hydroxyl groups excluding tert-OH is 6. The monoisotopic (exact) mass is 490 g/mol. The van der Waals surface area contributed by atoms with Crippen LogP contribution in [0.1, 0.15) is 12.8 Å². The van der Waals surface area contributed by atoms with Crippen molar-refractivity contribution in [1.29, 1.82) is 0 Å². The molecule has 0 aromatic heterocycles. The Kier molecular flexibility index (Phi) is 9.22. The van der Waals surface area contributed by atoms with Gasteiger partial charge in [0.1, 0.15) is 36.6 Å². The van der Waals surface area contributed by atoms with Crippen molar-refractivity contribution in [2.75, 3.05) is 13.2 Å². The number of aliphatic carboxylic acids is 3. The third kappa shape index (κ3) is 5.55. The fourth-order valence-electron chi connectivity index (χ4n) is 3.21. The van der Waals surface area contributed by atoms with Gasteiger partial charge in [-0.05, 0) is 0 Å². The summed E-state index contributed by atoms with van der Waals surface area (Å²) in [6.45, 7) is -1.56. The van der Waals surface area contributed by atoms with Crippen molar-refractivity contribution in [3.05, 3.63) is 0 Å². The lowest BCUT2D eigenvalue weighted by Gasteiger charge is -2.40. The predicted molar refractivity (Wildman–Crippen MR) is 94.9 cm³/mol. The molecule has 2 fully saturated rings. The number of rotatable bonds is 8. The van der Waals surface area contributed by atoms with Crippen molar-refractivity contribution in [2.45, 2.75) is 66.6 Å². The molecule has 0 amide bonds. The highest BCUT2D eigenvalue weighted by Crippen LogP contribution is 2.45. The van der Waals surface area contributed by atoms with Gasteiger partial charge in [0, 0.05) is 0 Å². The summed E-state index contributed by atoms with van der Waals surface area (Å²) in [5, 5.41) is 111. The number of hydrogen-bond donors (Lipinski definition) is 12. The van der Waals surface area contributed by atoms with Crippen LogP contribution in [0.3, 0.4) is 0 Å². The molecule has 0 aromatic rings. The van der Waals surface area contributed by atoms with Crippen molar-refractivity contribution in [2.24, 2.45) is 0 Å². The molecule has 0 saturated carbocycles. The van der Waals surface area contributed by atoms with Crippen LogP contribution in [0.5, 0.6) is 0 Å². The maximum Gasteiger partial charge on any atom is 0.336 e. The lowest BCUT2D eigenvalue weighted by molar-refractivity contribution is -0.407. The van der Waals surface area contributed by atoms with Crippen molar-refractivity contribution >= 4 is 17.9 Å². The second-order valence-corrected chi connectivity index (χ2v) is 7.42. The van der Waals surface area contributed by atoms with Gasteiger partial charge in [-0.3, -0.25) is 9.59 Å². The minimum Gasteiger partial charge on any atom is -0.481 e. The van der Waals surface area contributed by atoms with E-state index in [1.165, 1.54) is 0 Å². The predicted octanol–water partition coefficient (Wildman–Crippen LogP) is -6.66. The van der Waals surface area contributed by atoms with E-state index in [1.807, 2.05) is 0 Å². The Labute approximate surface area is 183 Å². The zero-order valence-electron chi connectivity index (χ0n) is 16.7. The standard InChI is InChI=1S/C10H18O10.C6H8O7/c11-1-3-5(13)7(15)9(17,19-3)10(18)8(16)6(14)4(2-12)20-10;7-3(8)1-6(13,5(11)12)2-4(9)10/h3-8,11-18H,1-2H2;13H,1-2H2,(H,7,8)(H,9,10)(H,11,12)/t3-,4-,5-,6-,7-,8-,9?,10?;/m1./s1. The number of carboxylic acid groups (broad SMARTS) is 3. The highest BCUT2D eigenvalue weighted by atomic mass is 16.8. The van der Waals surface area contributed by atoms with Crippen LogP contribution in [0.15, 0.2) is 0 Å². The van der Waals surface area contributed by atoms with Gasteiger partial charge >= 0.3 is 17.9 Å². The lowest BCUT2D eigenvalue weighted by Crippen LogP contribution is -2.66. The van der Waals surface area contributed by atoms with Crippen LogP contribution < -0.4 is 0 Å². The van der Waals surface area contributed by atoms with Crippen molar-refractivity contribution in [3.63, 3.8) is 0 Å². The Hall–Kier alpha value is -2.03. The van der Waals surface area contributed by atoms with Gasteiger partial charge in [0.25, 0.3) is 11.6 Å². The molecule has 2 saturated heterocycles. The summed E-state index contributed by atoms with van der Waals surface area (Å²) in [6.07, 6.45) is -12.9. The van der Waals surface area contributed by atoms with Crippen LogP contribution in [0.25, 0.3) is 0 Å². The SMILES string of the molecule is O=C(O)CC(O)(CC(=O)O)C(=O)O.OC[C@H]1OC(O)(C2(O)O[C@H](CO)[C@@H](O)[C@H]2O)[C@H](O)[C@@H]1O. The first kappa shape index (κ1) is 29.0. The molecule has 17 nitrogen and oxygen atoms in total. The molecule has 2 heterocycles. The van der Waals surface area contributed by atoms with Crippen LogP contribution in [0.4, 0.5) is 0 Å². The van der Waals surface area contributed by atoms with Crippen molar-refractivity contribution < 1.29 is 85.1 Å². The van der Waals surface area contributed by atoms with E-state index in [-0.39, 0.29) is 0 Å². The first-order chi connectivity index (χ1) is 15.0.